The molecule has 0 amide bonds. The molecule has 0 aliphatic rings. The van der Waals surface area contributed by atoms with Crippen molar-refractivity contribution in [3.05, 3.63) is 127 Å². The molecule has 0 saturated heterocycles. The van der Waals surface area contributed by atoms with Gasteiger partial charge in [0.25, 0.3) is 0 Å². The lowest BCUT2D eigenvalue weighted by Crippen LogP contribution is -2.06. The fraction of sp³-hybridized carbons (Fsp3) is 0.0882. The zero-order chi connectivity index (χ0) is 26.3. The molecule has 0 unspecified atom stereocenters. The third kappa shape index (κ3) is 4.66. The number of fused-ring (bicyclic) bond motifs is 2. The third-order valence-corrected chi connectivity index (χ3v) is 7.04. The van der Waals surface area contributed by atoms with E-state index in [4.69, 9.17) is 0 Å². The predicted molar refractivity (Wildman–Crippen MR) is 150 cm³/mol. The number of halogens is 3. The molecule has 6 aromatic rings. The van der Waals surface area contributed by atoms with Crippen molar-refractivity contribution in [1.29, 1.82) is 0 Å². The van der Waals surface area contributed by atoms with Crippen molar-refractivity contribution in [2.75, 3.05) is 0 Å². The van der Waals surface area contributed by atoms with E-state index in [0.717, 1.165) is 49.5 Å². The molecule has 1 aromatic heterocycles. The highest BCUT2D eigenvalue weighted by Gasteiger charge is 2.31. The van der Waals surface area contributed by atoms with E-state index in [0.29, 0.717) is 17.5 Å². The summed E-state index contributed by atoms with van der Waals surface area (Å²) in [5.41, 5.74) is 6.76. The molecule has 1 heterocycles. The first kappa shape index (κ1) is 23.9. The van der Waals surface area contributed by atoms with Crippen LogP contribution in [0.1, 0.15) is 18.1 Å². The molecule has 0 aliphatic carbocycles. The van der Waals surface area contributed by atoms with Crippen LogP contribution in [0.5, 0.6) is 0 Å². The van der Waals surface area contributed by atoms with Gasteiger partial charge in [0.1, 0.15) is 0 Å². The Labute approximate surface area is 219 Å². The maximum atomic E-state index is 13.4. The Morgan fingerprint density at radius 3 is 1.79 bits per heavy atom. The number of nitrogens with zero attached hydrogens (tertiary/aromatic N) is 1. The summed E-state index contributed by atoms with van der Waals surface area (Å²) in [7, 11) is 0. The van der Waals surface area contributed by atoms with Gasteiger partial charge in [0.2, 0.25) is 0 Å². The average molecular weight is 504 g/mol. The van der Waals surface area contributed by atoms with Gasteiger partial charge < -0.3 is 0 Å². The molecule has 186 valence electrons. The van der Waals surface area contributed by atoms with E-state index in [2.05, 4.69) is 53.5 Å². The number of hydrogen-bond acceptors (Lipinski definition) is 1. The molecular weight excluding hydrogens is 479 g/mol. The molecule has 0 bridgehead atoms. The van der Waals surface area contributed by atoms with Gasteiger partial charge in [-0.05, 0) is 87.0 Å². The van der Waals surface area contributed by atoms with Crippen LogP contribution < -0.4 is 0 Å². The van der Waals surface area contributed by atoms with Crippen LogP contribution in [-0.2, 0) is 12.6 Å². The summed E-state index contributed by atoms with van der Waals surface area (Å²) >= 11 is 0. The molecule has 4 heteroatoms. The summed E-state index contributed by atoms with van der Waals surface area (Å²) < 4.78 is 40.3. The van der Waals surface area contributed by atoms with Gasteiger partial charge in [0.05, 0.1) is 11.1 Å². The highest BCUT2D eigenvalue weighted by Crippen LogP contribution is 2.35. The van der Waals surface area contributed by atoms with Crippen LogP contribution in [0.4, 0.5) is 13.2 Å². The lowest BCUT2D eigenvalue weighted by atomic mass is 9.95. The van der Waals surface area contributed by atoms with Gasteiger partial charge in [-0.25, -0.2) is 0 Å². The van der Waals surface area contributed by atoms with Gasteiger partial charge in [-0.1, -0.05) is 79.7 Å². The Hall–Kier alpha value is -4.44. The number of benzene rings is 5. The van der Waals surface area contributed by atoms with Gasteiger partial charge >= 0.3 is 6.18 Å². The molecule has 38 heavy (non-hydrogen) atoms. The van der Waals surface area contributed by atoms with E-state index >= 15 is 0 Å². The Bertz CT molecular complexity index is 1780. The highest BCUT2D eigenvalue weighted by molar-refractivity contribution is 5.91. The number of aryl methyl sites for hydroxylation is 1. The summed E-state index contributed by atoms with van der Waals surface area (Å²) in [5.74, 6) is 0. The second-order valence-electron chi connectivity index (χ2n) is 9.54. The second-order valence-corrected chi connectivity index (χ2v) is 9.54. The monoisotopic (exact) mass is 503 g/mol. The third-order valence-electron chi connectivity index (χ3n) is 7.04. The average Bonchev–Trinajstić information content (AvgIpc) is 2.95. The maximum Gasteiger partial charge on any atom is 0.416 e. The molecule has 1 nitrogen and oxygen atoms in total. The SMILES string of the molecule is CCc1cc(-c2ccc3cc(-c4ccc(-c5cnc6ccccc6c5)cc4)ccc3c2)cc(C(F)(F)F)c1. The largest absolute Gasteiger partial charge is 0.416 e. The van der Waals surface area contributed by atoms with Crippen molar-refractivity contribution in [3.8, 4) is 33.4 Å². The van der Waals surface area contributed by atoms with Crippen LogP contribution in [0.15, 0.2) is 115 Å². The molecular formula is C34H24F3N. The van der Waals surface area contributed by atoms with Crippen molar-refractivity contribution in [1.82, 2.24) is 4.98 Å². The maximum absolute atomic E-state index is 13.4. The smallest absolute Gasteiger partial charge is 0.256 e. The van der Waals surface area contributed by atoms with Crippen molar-refractivity contribution in [3.63, 3.8) is 0 Å². The van der Waals surface area contributed by atoms with E-state index < -0.39 is 11.7 Å². The molecule has 0 fully saturated rings. The summed E-state index contributed by atoms with van der Waals surface area (Å²) in [6, 6.07) is 35.0. The first-order valence-electron chi connectivity index (χ1n) is 12.6. The van der Waals surface area contributed by atoms with Gasteiger partial charge in [-0.15, -0.1) is 0 Å². The van der Waals surface area contributed by atoms with Crippen LogP contribution in [0.3, 0.4) is 0 Å². The Kier molecular flexibility index (Phi) is 5.96. The summed E-state index contributed by atoms with van der Waals surface area (Å²) in [4.78, 5) is 4.57. The lowest BCUT2D eigenvalue weighted by molar-refractivity contribution is -0.137. The van der Waals surface area contributed by atoms with Crippen LogP contribution in [0, 0.1) is 0 Å². The minimum absolute atomic E-state index is 0.546. The van der Waals surface area contributed by atoms with Crippen molar-refractivity contribution >= 4 is 21.7 Å². The standard InChI is InChI=1S/C34H24F3N/c1-2-22-15-30(20-32(16-22)34(35,36)37)28-14-13-26-17-25(11-12-27(26)18-28)23-7-9-24(10-8-23)31-19-29-5-3-4-6-33(29)38-21-31/h3-21H,2H2,1H3. The first-order chi connectivity index (χ1) is 18.4. The Balaban J connectivity index is 1.30. The predicted octanol–water partition coefficient (Wildman–Crippen LogP) is 9.97. The molecule has 0 aliphatic heterocycles. The minimum Gasteiger partial charge on any atom is -0.256 e. The molecule has 0 atom stereocenters. The van der Waals surface area contributed by atoms with Crippen molar-refractivity contribution in [2.24, 2.45) is 0 Å². The molecule has 0 spiro atoms. The van der Waals surface area contributed by atoms with Crippen LogP contribution in [0.2, 0.25) is 0 Å². The van der Waals surface area contributed by atoms with Gasteiger partial charge in [0.15, 0.2) is 0 Å². The van der Waals surface area contributed by atoms with Gasteiger partial charge in [-0.3, -0.25) is 4.98 Å². The first-order valence-corrected chi connectivity index (χ1v) is 12.6. The number of aromatic nitrogens is 1. The second kappa shape index (κ2) is 9.46. The van der Waals surface area contributed by atoms with E-state index in [-0.39, 0.29) is 0 Å². The normalized spacial score (nSPS) is 11.8. The fourth-order valence-electron chi connectivity index (χ4n) is 4.92. The van der Waals surface area contributed by atoms with Crippen LogP contribution in [0.25, 0.3) is 55.1 Å². The fourth-order valence-corrected chi connectivity index (χ4v) is 4.92. The van der Waals surface area contributed by atoms with Gasteiger partial charge in [-0.2, -0.15) is 13.2 Å². The number of alkyl halides is 3. The number of para-hydroxylation sites is 1. The quantitative estimate of drug-likeness (QED) is 0.233. The summed E-state index contributed by atoms with van der Waals surface area (Å²) in [6.07, 6.45) is -1.92. The zero-order valence-electron chi connectivity index (χ0n) is 20.8. The Morgan fingerprint density at radius 1 is 0.553 bits per heavy atom. The topological polar surface area (TPSA) is 12.9 Å². The highest BCUT2D eigenvalue weighted by atomic mass is 19.4. The Morgan fingerprint density at radius 2 is 1.13 bits per heavy atom. The molecule has 6 rings (SSSR count). The van der Waals surface area contributed by atoms with Crippen molar-refractivity contribution < 1.29 is 13.2 Å². The van der Waals surface area contributed by atoms with Crippen LogP contribution >= 0.6 is 0 Å². The molecule has 5 aromatic carbocycles. The molecule has 0 radical (unpaired) electrons. The lowest BCUT2D eigenvalue weighted by Gasteiger charge is -2.13. The minimum atomic E-state index is -4.37. The zero-order valence-corrected chi connectivity index (χ0v) is 20.8. The van der Waals surface area contributed by atoms with E-state index in [1.165, 1.54) is 12.1 Å². The summed E-state index contributed by atoms with van der Waals surface area (Å²) in [5, 5.41) is 3.14. The van der Waals surface area contributed by atoms with Gasteiger partial charge in [0, 0.05) is 17.1 Å². The van der Waals surface area contributed by atoms with E-state index in [9.17, 15) is 13.2 Å². The molecule has 0 N–H and O–H groups in total. The number of rotatable bonds is 4. The number of pyridine rings is 1. The summed E-state index contributed by atoms with van der Waals surface area (Å²) in [6.45, 7) is 1.87. The molecule has 0 saturated carbocycles. The van der Waals surface area contributed by atoms with E-state index in [1.807, 2.05) is 61.7 Å². The number of hydrogen-bond donors (Lipinski definition) is 0. The van der Waals surface area contributed by atoms with Crippen LogP contribution in [-0.4, -0.2) is 4.98 Å². The van der Waals surface area contributed by atoms with Crippen molar-refractivity contribution in [2.45, 2.75) is 19.5 Å². The van der Waals surface area contributed by atoms with E-state index in [1.54, 1.807) is 0 Å².